The van der Waals surface area contributed by atoms with Gasteiger partial charge in [0.05, 0.1) is 11.4 Å². The number of nitrogens with zero attached hydrogens (tertiary/aromatic N) is 1. The zero-order valence-electron chi connectivity index (χ0n) is 10.0. The summed E-state index contributed by atoms with van der Waals surface area (Å²) >= 11 is 3.49. The van der Waals surface area contributed by atoms with Gasteiger partial charge in [-0.15, -0.1) is 0 Å². The highest BCUT2D eigenvalue weighted by Crippen LogP contribution is 2.28. The van der Waals surface area contributed by atoms with Crippen LogP contribution in [0.5, 0.6) is 0 Å². The van der Waals surface area contributed by atoms with E-state index in [9.17, 15) is 0 Å². The first-order valence-corrected chi connectivity index (χ1v) is 6.66. The quantitative estimate of drug-likeness (QED) is 0.618. The summed E-state index contributed by atoms with van der Waals surface area (Å²) < 4.78 is 1.05. The molecule has 0 aliphatic carbocycles. The number of pyridine rings is 1. The lowest BCUT2D eigenvalue weighted by atomic mass is 10.0. The number of fused-ring (bicyclic) bond motifs is 1. The molecule has 0 N–H and O–H groups in total. The Morgan fingerprint density at radius 3 is 2.50 bits per heavy atom. The van der Waals surface area contributed by atoms with Gasteiger partial charge in [0.1, 0.15) is 0 Å². The minimum Gasteiger partial charge on any atom is -0.252 e. The SMILES string of the molecule is Cc1nc(-c2cccc3ccccc23)ccc1Br. The van der Waals surface area contributed by atoms with Crippen LogP contribution in [0.1, 0.15) is 5.69 Å². The summed E-state index contributed by atoms with van der Waals surface area (Å²) in [5, 5.41) is 2.49. The first-order valence-electron chi connectivity index (χ1n) is 5.87. The average Bonchev–Trinajstić information content (AvgIpc) is 2.41. The number of hydrogen-bond donors (Lipinski definition) is 0. The summed E-state index contributed by atoms with van der Waals surface area (Å²) in [4.78, 5) is 4.65. The van der Waals surface area contributed by atoms with Crippen molar-refractivity contribution in [2.75, 3.05) is 0 Å². The van der Waals surface area contributed by atoms with Gasteiger partial charge in [0.2, 0.25) is 0 Å². The molecule has 3 rings (SSSR count). The summed E-state index contributed by atoms with van der Waals surface area (Å²) in [6, 6.07) is 18.8. The van der Waals surface area contributed by atoms with Crippen molar-refractivity contribution in [1.29, 1.82) is 0 Å². The molecule has 0 saturated heterocycles. The maximum atomic E-state index is 4.65. The van der Waals surface area contributed by atoms with Crippen molar-refractivity contribution in [1.82, 2.24) is 4.98 Å². The molecule has 18 heavy (non-hydrogen) atoms. The zero-order chi connectivity index (χ0) is 12.5. The third-order valence-electron chi connectivity index (χ3n) is 3.09. The van der Waals surface area contributed by atoms with Gasteiger partial charge >= 0.3 is 0 Å². The number of aromatic nitrogens is 1. The third kappa shape index (κ3) is 1.93. The summed E-state index contributed by atoms with van der Waals surface area (Å²) in [5.74, 6) is 0. The molecule has 0 radical (unpaired) electrons. The lowest BCUT2D eigenvalue weighted by molar-refractivity contribution is 1.19. The van der Waals surface area contributed by atoms with Gasteiger partial charge in [-0.1, -0.05) is 42.5 Å². The van der Waals surface area contributed by atoms with Crippen molar-refractivity contribution in [2.24, 2.45) is 0 Å². The smallest absolute Gasteiger partial charge is 0.0712 e. The van der Waals surface area contributed by atoms with Crippen molar-refractivity contribution < 1.29 is 0 Å². The van der Waals surface area contributed by atoms with Crippen molar-refractivity contribution in [3.8, 4) is 11.3 Å². The molecule has 1 aromatic heterocycles. The molecular formula is C16H12BrN. The van der Waals surface area contributed by atoms with Gasteiger partial charge in [0, 0.05) is 10.0 Å². The van der Waals surface area contributed by atoms with Crippen molar-refractivity contribution >= 4 is 26.7 Å². The van der Waals surface area contributed by atoms with E-state index >= 15 is 0 Å². The van der Waals surface area contributed by atoms with Crippen molar-refractivity contribution in [2.45, 2.75) is 6.92 Å². The summed E-state index contributed by atoms with van der Waals surface area (Å²) in [7, 11) is 0. The van der Waals surface area contributed by atoms with Crippen LogP contribution in [0.3, 0.4) is 0 Å². The molecule has 0 spiro atoms. The standard InChI is InChI=1S/C16H12BrN/c1-11-15(17)9-10-16(18-11)14-8-4-6-12-5-2-3-7-13(12)14/h2-10H,1H3. The lowest BCUT2D eigenvalue weighted by Gasteiger charge is -2.07. The number of rotatable bonds is 1. The highest BCUT2D eigenvalue weighted by molar-refractivity contribution is 9.10. The van der Waals surface area contributed by atoms with Crippen LogP contribution in [0.4, 0.5) is 0 Å². The Morgan fingerprint density at radius 2 is 1.67 bits per heavy atom. The van der Waals surface area contributed by atoms with Gasteiger partial charge < -0.3 is 0 Å². The lowest BCUT2D eigenvalue weighted by Crippen LogP contribution is -1.89. The second-order valence-corrected chi connectivity index (χ2v) is 5.14. The van der Waals surface area contributed by atoms with E-state index < -0.39 is 0 Å². The largest absolute Gasteiger partial charge is 0.252 e. The van der Waals surface area contributed by atoms with Crippen LogP contribution < -0.4 is 0 Å². The van der Waals surface area contributed by atoms with Crippen LogP contribution in [-0.4, -0.2) is 4.98 Å². The highest BCUT2D eigenvalue weighted by Gasteiger charge is 2.05. The second-order valence-electron chi connectivity index (χ2n) is 4.29. The van der Waals surface area contributed by atoms with Crippen molar-refractivity contribution in [3.05, 3.63) is 64.8 Å². The first kappa shape index (κ1) is 11.4. The molecule has 1 nitrogen and oxygen atoms in total. The van der Waals surface area contributed by atoms with E-state index in [4.69, 9.17) is 0 Å². The van der Waals surface area contributed by atoms with Crippen LogP contribution in [0.15, 0.2) is 59.1 Å². The molecule has 0 aliphatic rings. The van der Waals surface area contributed by atoms with E-state index in [-0.39, 0.29) is 0 Å². The fourth-order valence-corrected chi connectivity index (χ4v) is 2.36. The first-order chi connectivity index (χ1) is 8.75. The predicted molar refractivity (Wildman–Crippen MR) is 79.6 cm³/mol. The Labute approximate surface area is 115 Å². The Kier molecular flexibility index (Phi) is 2.88. The van der Waals surface area contributed by atoms with Gasteiger partial charge in [0.15, 0.2) is 0 Å². The van der Waals surface area contributed by atoms with E-state index in [1.54, 1.807) is 0 Å². The number of benzene rings is 2. The molecule has 0 fully saturated rings. The Morgan fingerprint density at radius 1 is 0.889 bits per heavy atom. The monoisotopic (exact) mass is 297 g/mol. The van der Waals surface area contributed by atoms with E-state index in [2.05, 4.69) is 75.5 Å². The number of halogens is 1. The Bertz CT molecular complexity index is 714. The number of aryl methyl sites for hydroxylation is 1. The molecule has 3 aromatic rings. The second kappa shape index (κ2) is 4.54. The maximum Gasteiger partial charge on any atom is 0.0712 e. The van der Waals surface area contributed by atoms with Gasteiger partial charge in [-0.2, -0.15) is 0 Å². The molecule has 1 heterocycles. The molecule has 0 aliphatic heterocycles. The molecule has 0 unspecified atom stereocenters. The van der Waals surface area contributed by atoms with Crippen LogP contribution >= 0.6 is 15.9 Å². The van der Waals surface area contributed by atoms with E-state index in [1.165, 1.54) is 16.3 Å². The van der Waals surface area contributed by atoms with Crippen LogP contribution in [0.2, 0.25) is 0 Å². The Hall–Kier alpha value is -1.67. The minimum absolute atomic E-state index is 1.01. The molecule has 0 atom stereocenters. The molecule has 2 heteroatoms. The van der Waals surface area contributed by atoms with Crippen LogP contribution in [0, 0.1) is 6.92 Å². The fraction of sp³-hybridized carbons (Fsp3) is 0.0625. The number of hydrogen-bond acceptors (Lipinski definition) is 1. The zero-order valence-corrected chi connectivity index (χ0v) is 11.6. The maximum absolute atomic E-state index is 4.65. The molecule has 0 bridgehead atoms. The summed E-state index contributed by atoms with van der Waals surface area (Å²) in [5.41, 5.74) is 3.22. The normalized spacial score (nSPS) is 10.8. The fourth-order valence-electron chi connectivity index (χ4n) is 2.14. The molecule has 0 amide bonds. The average molecular weight is 298 g/mol. The van der Waals surface area contributed by atoms with Crippen LogP contribution in [-0.2, 0) is 0 Å². The molecule has 88 valence electrons. The van der Waals surface area contributed by atoms with Crippen molar-refractivity contribution in [3.63, 3.8) is 0 Å². The molecule has 0 saturated carbocycles. The van der Waals surface area contributed by atoms with Gasteiger partial charge in [0.25, 0.3) is 0 Å². The van der Waals surface area contributed by atoms with Gasteiger partial charge in [-0.25, -0.2) is 0 Å². The summed E-state index contributed by atoms with van der Waals surface area (Å²) in [6.07, 6.45) is 0. The van der Waals surface area contributed by atoms with Gasteiger partial charge in [-0.3, -0.25) is 4.98 Å². The van der Waals surface area contributed by atoms with E-state index in [1.807, 2.05) is 6.92 Å². The highest BCUT2D eigenvalue weighted by atomic mass is 79.9. The van der Waals surface area contributed by atoms with Gasteiger partial charge in [-0.05, 0) is 45.8 Å². The minimum atomic E-state index is 1.01. The third-order valence-corrected chi connectivity index (χ3v) is 3.93. The topological polar surface area (TPSA) is 12.9 Å². The Balaban J connectivity index is 2.28. The molecular weight excluding hydrogens is 286 g/mol. The van der Waals surface area contributed by atoms with Crippen LogP contribution in [0.25, 0.3) is 22.0 Å². The molecule has 2 aromatic carbocycles. The van der Waals surface area contributed by atoms with E-state index in [0.717, 1.165) is 15.9 Å². The van der Waals surface area contributed by atoms with E-state index in [0.29, 0.717) is 0 Å². The predicted octanol–water partition coefficient (Wildman–Crippen LogP) is 4.97. The summed E-state index contributed by atoms with van der Waals surface area (Å²) in [6.45, 7) is 2.01.